The number of nitrogens with one attached hydrogen (secondary N) is 2. The molecule has 9 nitrogen and oxygen atoms in total. The number of esters is 1. The van der Waals surface area contributed by atoms with Gasteiger partial charge in [0.15, 0.2) is 5.16 Å². The third-order valence-electron chi connectivity index (χ3n) is 5.83. The molecule has 0 unspecified atom stereocenters. The van der Waals surface area contributed by atoms with Crippen molar-refractivity contribution in [2.24, 2.45) is 0 Å². The van der Waals surface area contributed by atoms with Crippen molar-refractivity contribution < 1.29 is 37.0 Å². The van der Waals surface area contributed by atoms with Crippen LogP contribution in [0, 0.1) is 6.92 Å². The van der Waals surface area contributed by atoms with Gasteiger partial charge in [-0.25, -0.2) is 14.8 Å². The maximum absolute atomic E-state index is 13.6. The Kier molecular flexibility index (Phi) is 10.0. The third kappa shape index (κ3) is 7.90. The first-order valence-electron chi connectivity index (χ1n) is 12.7. The Morgan fingerprint density at radius 2 is 1.70 bits per heavy atom. The van der Waals surface area contributed by atoms with Crippen molar-refractivity contribution in [1.82, 2.24) is 9.97 Å². The summed E-state index contributed by atoms with van der Waals surface area (Å²) in [5.41, 5.74) is 0.120. The van der Waals surface area contributed by atoms with E-state index in [-0.39, 0.29) is 38.7 Å². The number of thiophene rings is 1. The highest BCUT2D eigenvalue weighted by molar-refractivity contribution is 7.99. The molecule has 2 amide bonds. The molecule has 4 rings (SSSR count). The zero-order valence-corrected chi connectivity index (χ0v) is 24.7. The zero-order chi connectivity index (χ0) is 31.1. The number of rotatable bonds is 10. The number of benzene rings is 2. The molecule has 0 spiro atoms. The van der Waals surface area contributed by atoms with Gasteiger partial charge in [0, 0.05) is 11.3 Å². The number of ether oxygens (including phenoxy) is 2. The van der Waals surface area contributed by atoms with Gasteiger partial charge in [0.25, 0.3) is 5.91 Å². The van der Waals surface area contributed by atoms with Gasteiger partial charge < -0.3 is 20.1 Å². The van der Waals surface area contributed by atoms with E-state index in [2.05, 4.69) is 20.6 Å². The number of hydrogen-bond donors (Lipinski definition) is 2. The number of halogens is 3. The second-order valence-electron chi connectivity index (χ2n) is 8.79. The molecule has 224 valence electrons. The minimum absolute atomic E-state index is 0.0146. The molecule has 2 heterocycles. The number of hydrogen-bond acceptors (Lipinski definition) is 9. The molecule has 0 aliphatic heterocycles. The van der Waals surface area contributed by atoms with Crippen LogP contribution in [0.25, 0.3) is 11.3 Å². The fourth-order valence-corrected chi connectivity index (χ4v) is 5.59. The lowest BCUT2D eigenvalue weighted by atomic mass is 10.1. The molecule has 0 atom stereocenters. The quantitative estimate of drug-likeness (QED) is 0.113. The van der Waals surface area contributed by atoms with Crippen molar-refractivity contribution in [3.63, 3.8) is 0 Å². The van der Waals surface area contributed by atoms with E-state index >= 15 is 0 Å². The van der Waals surface area contributed by atoms with Gasteiger partial charge in [-0.2, -0.15) is 13.2 Å². The number of para-hydroxylation sites is 1. The van der Waals surface area contributed by atoms with Gasteiger partial charge in [-0.1, -0.05) is 30.0 Å². The Labute approximate surface area is 252 Å². The molecule has 43 heavy (non-hydrogen) atoms. The number of carbonyl (C=O) groups is 3. The Hall–Kier alpha value is -4.43. The minimum atomic E-state index is -4.75. The van der Waals surface area contributed by atoms with Crippen LogP contribution < -0.4 is 15.4 Å². The average Bonchev–Trinajstić information content (AvgIpc) is 3.31. The third-order valence-corrected chi connectivity index (χ3v) is 7.87. The Balaban J connectivity index is 1.57. The molecule has 0 bridgehead atoms. The van der Waals surface area contributed by atoms with Crippen LogP contribution in [-0.4, -0.2) is 47.2 Å². The fourth-order valence-electron chi connectivity index (χ4n) is 3.82. The topological polar surface area (TPSA) is 120 Å². The van der Waals surface area contributed by atoms with Gasteiger partial charge in [-0.15, -0.1) is 11.3 Å². The largest absolute Gasteiger partial charge is 0.497 e. The van der Waals surface area contributed by atoms with E-state index in [0.717, 1.165) is 17.4 Å². The highest BCUT2D eigenvalue weighted by atomic mass is 32.2. The number of alkyl halides is 3. The molecule has 2 N–H and O–H groups in total. The number of aromatic nitrogens is 2. The minimum Gasteiger partial charge on any atom is -0.497 e. The predicted octanol–water partition coefficient (Wildman–Crippen LogP) is 6.70. The molecule has 14 heteroatoms. The molecule has 0 saturated carbocycles. The summed E-state index contributed by atoms with van der Waals surface area (Å²) >= 11 is 1.56. The summed E-state index contributed by atoms with van der Waals surface area (Å²) in [4.78, 5) is 46.7. The van der Waals surface area contributed by atoms with Gasteiger partial charge in [-0.05, 0) is 61.9 Å². The molecule has 0 radical (unpaired) electrons. The standard InChI is InChI=1S/C29H25F3N4O5S2/c1-4-41-27(39)24-16(2)23(25(38)33-18-8-6-5-7-9-18)26(43-24)36-22(37)15-42-28-34-20(14-21(35-28)29(30,31)32)17-10-12-19(40-3)13-11-17/h5-14H,4,15H2,1-3H3,(H,33,38)(H,36,37). The molecule has 2 aromatic carbocycles. The van der Waals surface area contributed by atoms with E-state index in [1.807, 2.05) is 0 Å². The molecule has 2 aromatic heterocycles. The summed E-state index contributed by atoms with van der Waals surface area (Å²) < 4.78 is 51.1. The number of methoxy groups -OCH3 is 1. The van der Waals surface area contributed by atoms with Crippen molar-refractivity contribution in [2.75, 3.05) is 30.1 Å². The fraction of sp³-hybridized carbons (Fsp3) is 0.207. The van der Waals surface area contributed by atoms with Crippen LogP contribution in [0.4, 0.5) is 23.9 Å². The molecule has 0 fully saturated rings. The first-order valence-corrected chi connectivity index (χ1v) is 14.5. The summed E-state index contributed by atoms with van der Waals surface area (Å²) in [6.07, 6.45) is -4.75. The first-order chi connectivity index (χ1) is 20.5. The van der Waals surface area contributed by atoms with Crippen LogP contribution in [0.15, 0.2) is 65.8 Å². The van der Waals surface area contributed by atoms with Crippen LogP contribution in [0.5, 0.6) is 5.75 Å². The average molecular weight is 631 g/mol. The second kappa shape index (κ2) is 13.7. The Morgan fingerprint density at radius 3 is 2.33 bits per heavy atom. The van der Waals surface area contributed by atoms with E-state index < -0.39 is 29.7 Å². The number of amides is 2. The molecule has 0 saturated heterocycles. The molecule has 4 aromatic rings. The van der Waals surface area contributed by atoms with Gasteiger partial charge in [0.05, 0.1) is 30.7 Å². The molecule has 0 aliphatic rings. The maximum atomic E-state index is 13.6. The highest BCUT2D eigenvalue weighted by Crippen LogP contribution is 2.35. The summed E-state index contributed by atoms with van der Waals surface area (Å²) in [6.45, 7) is 3.31. The monoisotopic (exact) mass is 630 g/mol. The van der Waals surface area contributed by atoms with Gasteiger partial charge >= 0.3 is 12.1 Å². The van der Waals surface area contributed by atoms with Crippen LogP contribution in [-0.2, 0) is 15.7 Å². The normalized spacial score (nSPS) is 11.1. The van der Waals surface area contributed by atoms with Crippen molar-refractivity contribution in [2.45, 2.75) is 25.2 Å². The molecule has 0 aliphatic carbocycles. The lowest BCUT2D eigenvalue weighted by Gasteiger charge is -2.11. The summed E-state index contributed by atoms with van der Waals surface area (Å²) in [5.74, 6) is -1.73. The van der Waals surface area contributed by atoms with Gasteiger partial charge in [0.2, 0.25) is 5.91 Å². The number of carbonyl (C=O) groups excluding carboxylic acids is 3. The van der Waals surface area contributed by atoms with Crippen LogP contribution >= 0.6 is 23.1 Å². The SMILES string of the molecule is CCOC(=O)c1sc(NC(=O)CSc2nc(-c3ccc(OC)cc3)cc(C(F)(F)F)n2)c(C(=O)Nc2ccccc2)c1C. The van der Waals surface area contributed by atoms with Crippen LogP contribution in [0.3, 0.4) is 0 Å². The van der Waals surface area contributed by atoms with Crippen molar-refractivity contribution in [3.8, 4) is 17.0 Å². The predicted molar refractivity (Wildman–Crippen MR) is 158 cm³/mol. The number of anilines is 2. The second-order valence-corrected chi connectivity index (χ2v) is 10.7. The zero-order valence-electron chi connectivity index (χ0n) is 23.1. The smallest absolute Gasteiger partial charge is 0.433 e. The first kappa shape index (κ1) is 31.5. The van der Waals surface area contributed by atoms with E-state index in [4.69, 9.17) is 9.47 Å². The van der Waals surface area contributed by atoms with E-state index in [9.17, 15) is 27.6 Å². The van der Waals surface area contributed by atoms with Crippen LogP contribution in [0.2, 0.25) is 0 Å². The van der Waals surface area contributed by atoms with E-state index in [1.165, 1.54) is 7.11 Å². The lowest BCUT2D eigenvalue weighted by molar-refractivity contribution is -0.141. The molecular weight excluding hydrogens is 605 g/mol. The van der Waals surface area contributed by atoms with Crippen molar-refractivity contribution in [1.29, 1.82) is 0 Å². The number of nitrogens with zero attached hydrogens (tertiary/aromatic N) is 2. The Bertz CT molecular complexity index is 1630. The molecular formula is C29H25F3N4O5S2. The van der Waals surface area contributed by atoms with E-state index in [1.54, 1.807) is 68.4 Å². The summed E-state index contributed by atoms with van der Waals surface area (Å²) in [6, 6.07) is 15.7. The number of thioether (sulfide) groups is 1. The maximum Gasteiger partial charge on any atom is 0.433 e. The van der Waals surface area contributed by atoms with Crippen molar-refractivity contribution >= 4 is 51.6 Å². The summed E-state index contributed by atoms with van der Waals surface area (Å²) in [7, 11) is 1.47. The highest BCUT2D eigenvalue weighted by Gasteiger charge is 2.34. The van der Waals surface area contributed by atoms with Gasteiger partial charge in [0.1, 0.15) is 21.3 Å². The summed E-state index contributed by atoms with van der Waals surface area (Å²) in [5, 5.41) is 5.15. The van der Waals surface area contributed by atoms with Crippen molar-refractivity contribution in [3.05, 3.63) is 82.4 Å². The lowest BCUT2D eigenvalue weighted by Crippen LogP contribution is -2.19. The van der Waals surface area contributed by atoms with E-state index in [0.29, 0.717) is 34.3 Å². The van der Waals surface area contributed by atoms with Crippen LogP contribution in [0.1, 0.15) is 38.2 Å². The Morgan fingerprint density at radius 1 is 1.00 bits per heavy atom. The van der Waals surface area contributed by atoms with Gasteiger partial charge in [-0.3, -0.25) is 9.59 Å².